The first-order valence-corrected chi connectivity index (χ1v) is 4.85. The summed E-state index contributed by atoms with van der Waals surface area (Å²) in [4.78, 5) is 0. The number of hydrogen-bond acceptors (Lipinski definition) is 3. The molecule has 0 saturated carbocycles. The summed E-state index contributed by atoms with van der Waals surface area (Å²) in [5.74, 6) is -4.38. The van der Waals surface area contributed by atoms with Crippen molar-refractivity contribution < 1.29 is 48.6 Å². The van der Waals surface area contributed by atoms with Gasteiger partial charge >= 0.3 is 33.4 Å². The molecule has 0 radical (unpaired) electrons. The molecule has 0 rings (SSSR count). The van der Waals surface area contributed by atoms with Crippen LogP contribution in [0.1, 0.15) is 0 Å². The van der Waals surface area contributed by atoms with Gasteiger partial charge in [0.2, 0.25) is 6.61 Å². The van der Waals surface area contributed by atoms with Crippen LogP contribution in [0.15, 0.2) is 0 Å². The summed E-state index contributed by atoms with van der Waals surface area (Å²) >= 11 is -4.27. The van der Waals surface area contributed by atoms with Crippen molar-refractivity contribution in [3.8, 4) is 0 Å². The van der Waals surface area contributed by atoms with Crippen LogP contribution >= 0.6 is 0 Å². The van der Waals surface area contributed by atoms with Gasteiger partial charge in [0.15, 0.2) is 0 Å². The standard InChI is InChI=1S/C3H3F4IO3/c4-2(5)3(6,7)1-11-8(9)10/h2H,1H2. The fourth-order valence-electron chi connectivity index (χ4n) is 0.180. The summed E-state index contributed by atoms with van der Waals surface area (Å²) in [6.07, 6.45) is -3.90. The average molecular weight is 290 g/mol. The fraction of sp³-hybridized carbons (Fsp3) is 1.00. The van der Waals surface area contributed by atoms with Gasteiger partial charge < -0.3 is 6.87 Å². The SMILES string of the molecule is [O-][I+2]([O-])OCC(F)(F)C(F)F. The average Bonchev–Trinajstić information content (AvgIpc) is 1.84. The van der Waals surface area contributed by atoms with Crippen LogP contribution in [0.4, 0.5) is 17.6 Å². The highest BCUT2D eigenvalue weighted by Crippen LogP contribution is 2.21. The van der Waals surface area contributed by atoms with Crippen molar-refractivity contribution >= 4 is 0 Å². The molecule has 0 atom stereocenters. The third kappa shape index (κ3) is 4.71. The summed E-state index contributed by atoms with van der Waals surface area (Å²) in [6, 6.07) is 0. The highest BCUT2D eigenvalue weighted by atomic mass is 127. The lowest BCUT2D eigenvalue weighted by molar-refractivity contribution is -1.63. The largest absolute Gasteiger partial charge is 0.506 e. The van der Waals surface area contributed by atoms with E-state index in [4.69, 9.17) is 0 Å². The zero-order valence-electron chi connectivity index (χ0n) is 4.90. The molecule has 11 heavy (non-hydrogen) atoms. The Morgan fingerprint density at radius 2 is 1.82 bits per heavy atom. The normalized spacial score (nSPS) is 13.1. The Morgan fingerprint density at radius 3 is 2.09 bits per heavy atom. The first kappa shape index (κ1) is 11.3. The van der Waals surface area contributed by atoms with E-state index in [0.29, 0.717) is 0 Å². The Morgan fingerprint density at radius 1 is 1.36 bits per heavy atom. The Bertz CT molecular complexity index is 119. The molecule has 0 spiro atoms. The summed E-state index contributed by atoms with van der Waals surface area (Å²) < 4.78 is 68.6. The van der Waals surface area contributed by atoms with Crippen molar-refractivity contribution in [1.29, 1.82) is 0 Å². The molecule has 0 saturated heterocycles. The molecule has 0 aliphatic carbocycles. The van der Waals surface area contributed by atoms with Crippen molar-refractivity contribution in [3.05, 3.63) is 0 Å². The van der Waals surface area contributed by atoms with Crippen molar-refractivity contribution in [2.24, 2.45) is 0 Å². The second-order valence-electron chi connectivity index (χ2n) is 1.50. The molecule has 0 amide bonds. The minimum Gasteiger partial charge on any atom is -0.396 e. The molecule has 0 aliphatic heterocycles. The zero-order chi connectivity index (χ0) is 9.07. The molecule has 0 heterocycles. The summed E-state index contributed by atoms with van der Waals surface area (Å²) in [5.41, 5.74) is 0. The summed E-state index contributed by atoms with van der Waals surface area (Å²) in [6.45, 7) is -1.78. The molecule has 0 N–H and O–H groups in total. The molecule has 68 valence electrons. The van der Waals surface area contributed by atoms with Gasteiger partial charge in [-0.1, -0.05) is 0 Å². The van der Waals surface area contributed by atoms with Gasteiger partial charge in [0, 0.05) is 0 Å². The van der Waals surface area contributed by atoms with E-state index in [9.17, 15) is 24.4 Å². The van der Waals surface area contributed by atoms with Gasteiger partial charge in [-0.05, 0) is 3.07 Å². The van der Waals surface area contributed by atoms with E-state index in [-0.39, 0.29) is 0 Å². The maximum absolute atomic E-state index is 11.8. The van der Waals surface area contributed by atoms with Gasteiger partial charge in [-0.2, -0.15) is 8.78 Å². The van der Waals surface area contributed by atoms with E-state index in [1.54, 1.807) is 0 Å². The highest BCUT2D eigenvalue weighted by molar-refractivity contribution is 4.66. The molecular formula is C3H3F4IO3. The molecule has 0 aliphatic rings. The lowest BCUT2D eigenvalue weighted by atomic mass is 10.4. The minimum absolute atomic E-state index is 1.78. The van der Waals surface area contributed by atoms with E-state index < -0.39 is 40.0 Å². The molecule has 8 heteroatoms. The van der Waals surface area contributed by atoms with Crippen molar-refractivity contribution in [3.63, 3.8) is 0 Å². The smallest absolute Gasteiger partial charge is 0.396 e. The molecule has 0 unspecified atom stereocenters. The van der Waals surface area contributed by atoms with Gasteiger partial charge in [-0.3, -0.25) is 0 Å². The van der Waals surface area contributed by atoms with E-state index in [1.807, 2.05) is 0 Å². The van der Waals surface area contributed by atoms with Crippen LogP contribution in [0.2, 0.25) is 0 Å². The summed E-state index contributed by atoms with van der Waals surface area (Å²) in [7, 11) is 0. The lowest BCUT2D eigenvalue weighted by Crippen LogP contribution is -3.99. The van der Waals surface area contributed by atoms with E-state index in [1.165, 1.54) is 0 Å². The van der Waals surface area contributed by atoms with Gasteiger partial charge in [-0.25, -0.2) is 8.78 Å². The predicted molar refractivity (Wildman–Crippen MR) is 16.9 cm³/mol. The van der Waals surface area contributed by atoms with Crippen LogP contribution in [0.25, 0.3) is 0 Å². The van der Waals surface area contributed by atoms with Crippen LogP contribution in [0.3, 0.4) is 0 Å². The van der Waals surface area contributed by atoms with Crippen LogP contribution in [-0.2, 0) is 3.07 Å². The van der Waals surface area contributed by atoms with E-state index in [0.717, 1.165) is 0 Å². The molecule has 3 nitrogen and oxygen atoms in total. The van der Waals surface area contributed by atoms with Gasteiger partial charge in [-0.15, -0.1) is 0 Å². The monoisotopic (exact) mass is 290 g/mol. The quantitative estimate of drug-likeness (QED) is 0.392. The van der Waals surface area contributed by atoms with Gasteiger partial charge in [0.25, 0.3) is 0 Å². The highest BCUT2D eigenvalue weighted by Gasteiger charge is 2.44. The third-order valence-electron chi connectivity index (χ3n) is 0.655. The number of alkyl halides is 4. The number of halogens is 5. The Hall–Kier alpha value is 0.330. The molecule has 0 aromatic rings. The van der Waals surface area contributed by atoms with Gasteiger partial charge in [0.05, 0.1) is 0 Å². The minimum atomic E-state index is -4.38. The Labute approximate surface area is 68.0 Å². The predicted octanol–water partition coefficient (Wildman–Crippen LogP) is -4.01. The van der Waals surface area contributed by atoms with E-state index in [2.05, 4.69) is 3.07 Å². The third-order valence-corrected chi connectivity index (χ3v) is 1.48. The van der Waals surface area contributed by atoms with Gasteiger partial charge in [0.1, 0.15) is 0 Å². The van der Waals surface area contributed by atoms with Crippen LogP contribution in [0, 0.1) is 0 Å². The van der Waals surface area contributed by atoms with Crippen LogP contribution in [0.5, 0.6) is 0 Å². The van der Waals surface area contributed by atoms with Crippen LogP contribution < -0.4 is 27.9 Å². The number of hydrogen-bond donors (Lipinski definition) is 0. The van der Waals surface area contributed by atoms with E-state index >= 15 is 0 Å². The van der Waals surface area contributed by atoms with Crippen LogP contribution in [-0.4, -0.2) is 19.0 Å². The second kappa shape index (κ2) is 4.38. The lowest BCUT2D eigenvalue weighted by Gasteiger charge is -2.09. The van der Waals surface area contributed by atoms with Crippen molar-refractivity contribution in [2.45, 2.75) is 12.3 Å². The Balaban J connectivity index is 3.73. The first-order chi connectivity index (χ1) is 4.86. The van der Waals surface area contributed by atoms with Crippen molar-refractivity contribution in [2.75, 3.05) is 6.61 Å². The first-order valence-electron chi connectivity index (χ1n) is 2.21. The molecule has 0 aromatic heterocycles. The van der Waals surface area contributed by atoms with Crippen molar-refractivity contribution in [1.82, 2.24) is 0 Å². The molecule has 0 fully saturated rings. The Kier molecular flexibility index (Phi) is 4.51. The second-order valence-corrected chi connectivity index (χ2v) is 3.21. The maximum Gasteiger partial charge on any atom is 0.506 e. The molecule has 0 bridgehead atoms. The molecule has 0 aromatic carbocycles. The fourth-order valence-corrected chi connectivity index (χ4v) is 0.850. The summed E-state index contributed by atoms with van der Waals surface area (Å²) in [5, 5.41) is 0. The molecular weight excluding hydrogens is 287 g/mol. The zero-order valence-corrected chi connectivity index (χ0v) is 7.06. The topological polar surface area (TPSA) is 55.3 Å². The number of rotatable bonds is 4. The maximum atomic E-state index is 11.8.